The topological polar surface area (TPSA) is 217 Å². The van der Waals surface area contributed by atoms with Crippen LogP contribution in [0.25, 0.3) is 10.8 Å². The van der Waals surface area contributed by atoms with Gasteiger partial charge in [-0.2, -0.15) is 0 Å². The van der Waals surface area contributed by atoms with Crippen LogP contribution in [0.3, 0.4) is 0 Å². The average molecular weight is 608 g/mol. The number of benzene rings is 3. The Labute approximate surface area is 246 Å². The zero-order chi connectivity index (χ0) is 31.8. The summed E-state index contributed by atoms with van der Waals surface area (Å²) in [6.07, 6.45) is -0.133. The normalized spacial score (nSPS) is 22.4. The van der Waals surface area contributed by atoms with E-state index in [0.717, 1.165) is 6.92 Å². The lowest BCUT2D eigenvalue weighted by molar-refractivity contribution is -0.122. The van der Waals surface area contributed by atoms with Gasteiger partial charge in [0, 0.05) is 12.8 Å². The maximum absolute atomic E-state index is 14.0. The molecule has 0 spiro atoms. The van der Waals surface area contributed by atoms with Crippen molar-refractivity contribution in [1.82, 2.24) is 4.72 Å². The molecule has 3 aromatic carbocycles. The summed E-state index contributed by atoms with van der Waals surface area (Å²) >= 11 is 0. The number of nitrogens with one attached hydrogen (secondary N) is 1. The number of carbonyl (C=O) groups excluding carboxylic acids is 3. The number of aliphatic imine (C=N–C) groups is 1. The summed E-state index contributed by atoms with van der Waals surface area (Å²) < 4.78 is 26.3. The third kappa shape index (κ3) is 4.39. The molecule has 43 heavy (non-hydrogen) atoms. The van der Waals surface area contributed by atoms with E-state index < -0.39 is 62.1 Å². The molecule has 0 fully saturated rings. The highest BCUT2D eigenvalue weighted by molar-refractivity contribution is 7.90. The lowest BCUT2D eigenvalue weighted by atomic mass is 9.61. The maximum Gasteiger partial charge on any atom is 0.264 e. The molecule has 0 heterocycles. The number of phenolic OH excluding ortho intramolecular Hbond substituents is 2. The number of aliphatic hydroxyl groups excluding tert-OH is 1. The van der Waals surface area contributed by atoms with Gasteiger partial charge in [-0.15, -0.1) is 0 Å². The zero-order valence-electron chi connectivity index (χ0n) is 23.6. The summed E-state index contributed by atoms with van der Waals surface area (Å²) in [5.74, 6) is -5.68. The number of sulfonamides is 1. The highest BCUT2D eigenvalue weighted by atomic mass is 32.2. The number of ketones is 2. The third-order valence-electron chi connectivity index (χ3n) is 8.21. The zero-order valence-corrected chi connectivity index (χ0v) is 24.4. The lowest BCUT2D eigenvalue weighted by Crippen LogP contribution is -2.63. The standard InChI is InChI=1S/C30H29N3O9S/c1-12-5-10-18-13(2)19-11-20-24(31)27(37)21(28(38)30(20,40)29(39)23(19)26(36)22(18)25(12)35)14(3)32-16-6-8-17(9-7-16)43(41,42)33-15(4)34/h5-10,20,24,35-36,38,40H,11,31H2,1-4H3,(H,33,34)/t20-,24+,30+/m0/s1. The Kier molecular flexibility index (Phi) is 6.95. The first-order valence-corrected chi connectivity index (χ1v) is 14.7. The first-order valence-electron chi connectivity index (χ1n) is 13.2. The van der Waals surface area contributed by atoms with Crippen molar-refractivity contribution < 1.29 is 43.2 Å². The number of aryl methyl sites for hydroxylation is 2. The van der Waals surface area contributed by atoms with Gasteiger partial charge in [0.1, 0.15) is 17.3 Å². The second kappa shape index (κ2) is 10.0. The van der Waals surface area contributed by atoms with Crippen LogP contribution < -0.4 is 10.5 Å². The number of Topliss-reactive ketones (excluding diaryl/α,β-unsaturated/α-hetero) is 2. The van der Waals surface area contributed by atoms with Crippen molar-refractivity contribution in [3.63, 3.8) is 0 Å². The van der Waals surface area contributed by atoms with Gasteiger partial charge in [-0.25, -0.2) is 13.1 Å². The summed E-state index contributed by atoms with van der Waals surface area (Å²) in [5, 5.41) is 45.6. The molecule has 2 aliphatic carbocycles. The minimum atomic E-state index is -4.10. The second-order valence-electron chi connectivity index (χ2n) is 10.9. The van der Waals surface area contributed by atoms with Crippen LogP contribution in [-0.2, 0) is 26.0 Å². The number of aromatic hydroxyl groups is 2. The predicted octanol–water partition coefficient (Wildman–Crippen LogP) is 2.29. The van der Waals surface area contributed by atoms with Crippen LogP contribution in [0.1, 0.15) is 40.9 Å². The van der Waals surface area contributed by atoms with Gasteiger partial charge < -0.3 is 26.2 Å². The molecule has 0 saturated carbocycles. The van der Waals surface area contributed by atoms with Crippen molar-refractivity contribution in [2.45, 2.75) is 50.7 Å². The Balaban J connectivity index is 1.63. The third-order valence-corrected chi connectivity index (χ3v) is 9.66. The minimum absolute atomic E-state index is 0.0215. The Morgan fingerprint density at radius 2 is 1.65 bits per heavy atom. The van der Waals surface area contributed by atoms with Gasteiger partial charge in [0.2, 0.25) is 11.7 Å². The van der Waals surface area contributed by atoms with Crippen molar-refractivity contribution in [2.75, 3.05) is 0 Å². The van der Waals surface area contributed by atoms with E-state index in [0.29, 0.717) is 22.1 Å². The number of rotatable bonds is 4. The summed E-state index contributed by atoms with van der Waals surface area (Å²) in [7, 11) is -4.10. The quantitative estimate of drug-likeness (QED) is 0.238. The summed E-state index contributed by atoms with van der Waals surface area (Å²) in [5.41, 5.74) is 4.20. The van der Waals surface area contributed by atoms with Crippen LogP contribution >= 0.6 is 0 Å². The number of carbonyl (C=O) groups is 3. The minimum Gasteiger partial charge on any atom is -0.508 e. The fraction of sp³-hybridized carbons (Fsp3) is 0.267. The predicted molar refractivity (Wildman–Crippen MR) is 156 cm³/mol. The molecule has 0 aliphatic heterocycles. The molecule has 3 aromatic rings. The fourth-order valence-electron chi connectivity index (χ4n) is 5.97. The molecule has 1 amide bonds. The maximum atomic E-state index is 14.0. The Morgan fingerprint density at radius 1 is 1.02 bits per heavy atom. The number of nitrogens with two attached hydrogens (primary N) is 1. The number of aliphatic hydroxyl groups is 2. The molecule has 5 rings (SSSR count). The number of hydrogen-bond donors (Lipinski definition) is 6. The van der Waals surface area contributed by atoms with Gasteiger partial charge in [-0.3, -0.25) is 19.4 Å². The van der Waals surface area contributed by atoms with E-state index in [4.69, 9.17) is 5.73 Å². The molecule has 224 valence electrons. The molecule has 0 bridgehead atoms. The summed E-state index contributed by atoms with van der Waals surface area (Å²) in [6, 6.07) is 6.85. The smallest absolute Gasteiger partial charge is 0.264 e. The van der Waals surface area contributed by atoms with Gasteiger partial charge in [-0.1, -0.05) is 12.1 Å². The molecule has 0 unspecified atom stereocenters. The van der Waals surface area contributed by atoms with E-state index in [2.05, 4.69) is 4.99 Å². The van der Waals surface area contributed by atoms with Crippen molar-refractivity contribution in [3.05, 3.63) is 70.0 Å². The lowest BCUT2D eigenvalue weighted by Gasteiger charge is -2.45. The molecule has 0 saturated heterocycles. The van der Waals surface area contributed by atoms with Gasteiger partial charge in [0.25, 0.3) is 10.0 Å². The van der Waals surface area contributed by atoms with E-state index in [1.54, 1.807) is 26.0 Å². The van der Waals surface area contributed by atoms with Crippen molar-refractivity contribution in [1.29, 1.82) is 0 Å². The van der Waals surface area contributed by atoms with Gasteiger partial charge in [0.05, 0.1) is 38.9 Å². The van der Waals surface area contributed by atoms with E-state index >= 15 is 0 Å². The van der Waals surface area contributed by atoms with E-state index in [1.807, 2.05) is 4.72 Å². The monoisotopic (exact) mass is 607 g/mol. The van der Waals surface area contributed by atoms with Crippen LogP contribution in [0.15, 0.2) is 57.6 Å². The Bertz CT molecular complexity index is 1950. The Morgan fingerprint density at radius 3 is 2.26 bits per heavy atom. The van der Waals surface area contributed by atoms with E-state index in [-0.39, 0.29) is 39.4 Å². The number of nitrogens with zero attached hydrogens (tertiary/aromatic N) is 1. The van der Waals surface area contributed by atoms with Crippen LogP contribution in [0.4, 0.5) is 5.69 Å². The molecule has 13 heteroatoms. The van der Waals surface area contributed by atoms with E-state index in [1.165, 1.54) is 31.2 Å². The number of fused-ring (bicyclic) bond motifs is 3. The SMILES string of the molecule is CC(=O)NS(=O)(=O)c1ccc(N=C(C)C2=C(O)[C@@]3(O)C(=O)c4c(c(C)c5ccc(C)c(O)c5c4O)C[C@H]3[C@@H](N)C2=O)cc1. The van der Waals surface area contributed by atoms with Gasteiger partial charge >= 0.3 is 0 Å². The highest BCUT2D eigenvalue weighted by Gasteiger charge is 2.60. The first kappa shape index (κ1) is 29.9. The van der Waals surface area contributed by atoms with Gasteiger partial charge in [-0.05, 0) is 73.5 Å². The van der Waals surface area contributed by atoms with Crippen molar-refractivity contribution in [2.24, 2.45) is 16.6 Å². The number of phenols is 2. The van der Waals surface area contributed by atoms with E-state index in [9.17, 15) is 43.2 Å². The Hall–Kier alpha value is -4.59. The summed E-state index contributed by atoms with van der Waals surface area (Å²) in [6.45, 7) is 5.71. The molecule has 7 N–H and O–H groups in total. The fourth-order valence-corrected chi connectivity index (χ4v) is 6.96. The van der Waals surface area contributed by atoms with Crippen LogP contribution in [-0.4, -0.2) is 63.7 Å². The average Bonchev–Trinajstić information content (AvgIpc) is 2.93. The molecule has 12 nitrogen and oxygen atoms in total. The first-order chi connectivity index (χ1) is 20.0. The molecule has 0 aromatic heterocycles. The molecular weight excluding hydrogens is 578 g/mol. The van der Waals surface area contributed by atoms with Crippen LogP contribution in [0, 0.1) is 19.8 Å². The highest BCUT2D eigenvalue weighted by Crippen LogP contribution is 2.50. The van der Waals surface area contributed by atoms with Gasteiger partial charge in [0.15, 0.2) is 11.4 Å². The van der Waals surface area contributed by atoms with Crippen molar-refractivity contribution >= 4 is 49.7 Å². The van der Waals surface area contributed by atoms with Crippen LogP contribution in [0.2, 0.25) is 0 Å². The largest absolute Gasteiger partial charge is 0.508 e. The summed E-state index contributed by atoms with van der Waals surface area (Å²) in [4.78, 5) is 42.7. The van der Waals surface area contributed by atoms with Crippen molar-refractivity contribution in [3.8, 4) is 11.5 Å². The number of amides is 1. The molecule has 2 aliphatic rings. The molecule has 3 atom stereocenters. The van der Waals surface area contributed by atoms with Crippen LogP contribution in [0.5, 0.6) is 11.5 Å². The number of hydrogen-bond acceptors (Lipinski definition) is 11. The molecule has 0 radical (unpaired) electrons. The molecular formula is C30H29N3O9S. The second-order valence-corrected chi connectivity index (χ2v) is 12.5.